The van der Waals surface area contributed by atoms with Gasteiger partial charge in [-0.05, 0) is 0 Å². The van der Waals surface area contributed by atoms with Crippen molar-refractivity contribution in [3.63, 3.8) is 0 Å². The molecule has 3 N–H and O–H groups in total. The van der Waals surface area contributed by atoms with Gasteiger partial charge in [0.25, 0.3) is 11.6 Å². The second-order valence-corrected chi connectivity index (χ2v) is 5.01. The van der Waals surface area contributed by atoms with Crippen LogP contribution >= 0.6 is 0 Å². The number of nitrogens with one attached hydrogen (secondary N) is 3. The van der Waals surface area contributed by atoms with Crippen molar-refractivity contribution in [3.05, 3.63) is 64.2 Å². The molecule has 0 spiro atoms. The highest BCUT2D eigenvalue weighted by molar-refractivity contribution is 5.93. The second kappa shape index (κ2) is 6.73. The highest BCUT2D eigenvalue weighted by atomic mass is 16.6. The van der Waals surface area contributed by atoms with Gasteiger partial charge in [-0.25, -0.2) is 4.98 Å². The van der Waals surface area contributed by atoms with Crippen LogP contribution in [0.4, 0.5) is 5.69 Å². The quantitative estimate of drug-likeness (QED) is 0.469. The predicted molar refractivity (Wildman–Crippen MR) is 85.3 cm³/mol. The summed E-state index contributed by atoms with van der Waals surface area (Å²) >= 11 is 0. The molecule has 1 amide bonds. The van der Waals surface area contributed by atoms with Gasteiger partial charge < -0.3 is 10.3 Å². The average Bonchev–Trinajstić information content (AvgIpc) is 3.25. The van der Waals surface area contributed by atoms with Crippen LogP contribution in [0, 0.1) is 10.1 Å². The summed E-state index contributed by atoms with van der Waals surface area (Å²) in [6.07, 6.45) is 1.64. The zero-order chi connectivity index (χ0) is 16.9. The summed E-state index contributed by atoms with van der Waals surface area (Å²) < 4.78 is 0. The fourth-order valence-corrected chi connectivity index (χ4v) is 2.13. The van der Waals surface area contributed by atoms with Crippen molar-refractivity contribution in [2.24, 2.45) is 0 Å². The topological polar surface area (TPSA) is 130 Å². The van der Waals surface area contributed by atoms with Crippen LogP contribution in [0.2, 0.25) is 0 Å². The first kappa shape index (κ1) is 15.4. The number of hydrogen-bond donors (Lipinski definition) is 3. The van der Waals surface area contributed by atoms with Crippen LogP contribution in [0.1, 0.15) is 16.3 Å². The van der Waals surface area contributed by atoms with E-state index in [1.54, 1.807) is 0 Å². The van der Waals surface area contributed by atoms with Gasteiger partial charge in [0, 0.05) is 24.6 Å². The third-order valence-electron chi connectivity index (χ3n) is 3.33. The van der Waals surface area contributed by atoms with Gasteiger partial charge in [0.15, 0.2) is 5.82 Å². The molecule has 0 saturated carbocycles. The van der Waals surface area contributed by atoms with Crippen LogP contribution in [0.5, 0.6) is 0 Å². The highest BCUT2D eigenvalue weighted by Gasteiger charge is 2.14. The summed E-state index contributed by atoms with van der Waals surface area (Å²) in [5.41, 5.74) is 0.898. The lowest BCUT2D eigenvalue weighted by Crippen LogP contribution is -2.26. The molecule has 2 heterocycles. The Labute approximate surface area is 136 Å². The molecule has 0 saturated heterocycles. The van der Waals surface area contributed by atoms with Crippen molar-refractivity contribution in [2.45, 2.75) is 6.42 Å². The van der Waals surface area contributed by atoms with E-state index >= 15 is 0 Å². The summed E-state index contributed by atoms with van der Waals surface area (Å²) in [5.74, 6) is 0.828. The molecule has 0 aliphatic rings. The van der Waals surface area contributed by atoms with E-state index in [9.17, 15) is 14.9 Å². The Morgan fingerprint density at radius 2 is 2.08 bits per heavy atom. The molecule has 0 radical (unpaired) electrons. The molecule has 0 unspecified atom stereocenters. The van der Waals surface area contributed by atoms with Crippen LogP contribution in [0.15, 0.2) is 42.6 Å². The number of amides is 1. The smallest absolute Gasteiger partial charge is 0.287 e. The van der Waals surface area contributed by atoms with Gasteiger partial charge in [-0.15, -0.1) is 0 Å². The number of nitrogens with zero attached hydrogens (tertiary/aromatic N) is 3. The number of aromatic nitrogens is 4. The van der Waals surface area contributed by atoms with Crippen LogP contribution in [0.25, 0.3) is 11.4 Å². The van der Waals surface area contributed by atoms with Crippen molar-refractivity contribution >= 4 is 11.6 Å². The zero-order valence-electron chi connectivity index (χ0n) is 12.5. The number of carbonyl (C=O) groups excluding carboxylic acids is 1. The predicted octanol–water partition coefficient (Wildman–Crippen LogP) is 1.68. The molecule has 1 aromatic carbocycles. The molecule has 0 fully saturated rings. The van der Waals surface area contributed by atoms with Crippen molar-refractivity contribution in [1.29, 1.82) is 0 Å². The number of H-pyrrole nitrogens is 2. The molecular weight excluding hydrogens is 312 g/mol. The monoisotopic (exact) mass is 326 g/mol. The van der Waals surface area contributed by atoms with E-state index in [-0.39, 0.29) is 11.4 Å². The first-order chi connectivity index (χ1) is 11.6. The molecule has 3 rings (SSSR count). The van der Waals surface area contributed by atoms with Gasteiger partial charge in [-0.3, -0.25) is 20.0 Å². The average molecular weight is 326 g/mol. The molecule has 0 aliphatic carbocycles. The van der Waals surface area contributed by atoms with Gasteiger partial charge in [-0.2, -0.15) is 5.10 Å². The van der Waals surface area contributed by atoms with Crippen LogP contribution < -0.4 is 5.32 Å². The van der Waals surface area contributed by atoms with Gasteiger partial charge in [-0.1, -0.05) is 30.3 Å². The first-order valence-corrected chi connectivity index (χ1v) is 7.21. The van der Waals surface area contributed by atoms with Crippen molar-refractivity contribution in [3.8, 4) is 11.4 Å². The first-order valence-electron chi connectivity index (χ1n) is 7.21. The number of hydrogen-bond acceptors (Lipinski definition) is 5. The Hall–Kier alpha value is -3.49. The van der Waals surface area contributed by atoms with Crippen molar-refractivity contribution < 1.29 is 9.72 Å². The van der Waals surface area contributed by atoms with E-state index in [2.05, 4.69) is 25.5 Å². The minimum atomic E-state index is -0.563. The van der Waals surface area contributed by atoms with E-state index < -0.39 is 10.8 Å². The Morgan fingerprint density at radius 1 is 1.29 bits per heavy atom. The lowest BCUT2D eigenvalue weighted by molar-refractivity contribution is -0.384. The van der Waals surface area contributed by atoms with E-state index in [4.69, 9.17) is 0 Å². The van der Waals surface area contributed by atoms with Gasteiger partial charge in [0.2, 0.25) is 0 Å². The molecule has 9 heteroatoms. The summed E-state index contributed by atoms with van der Waals surface area (Å²) in [6, 6.07) is 10.7. The molecule has 0 bridgehead atoms. The lowest BCUT2D eigenvalue weighted by Gasteiger charge is -2.01. The minimum Gasteiger partial charge on any atom is -0.351 e. The minimum absolute atomic E-state index is 0.143. The molecule has 24 heavy (non-hydrogen) atoms. The van der Waals surface area contributed by atoms with Crippen LogP contribution in [0.3, 0.4) is 0 Å². The normalized spacial score (nSPS) is 10.5. The van der Waals surface area contributed by atoms with E-state index in [1.165, 1.54) is 12.3 Å². The highest BCUT2D eigenvalue weighted by Crippen LogP contribution is 2.13. The van der Waals surface area contributed by atoms with Gasteiger partial charge in [0.05, 0.1) is 11.1 Å². The van der Waals surface area contributed by atoms with E-state index in [1.807, 2.05) is 30.3 Å². The maximum atomic E-state index is 11.9. The third-order valence-corrected chi connectivity index (χ3v) is 3.33. The Balaban J connectivity index is 1.54. The molecule has 3 aromatic rings. The summed E-state index contributed by atoms with van der Waals surface area (Å²) in [4.78, 5) is 28.8. The Morgan fingerprint density at radius 3 is 2.79 bits per heavy atom. The van der Waals surface area contributed by atoms with Crippen LogP contribution in [-0.4, -0.2) is 37.5 Å². The fourth-order valence-electron chi connectivity index (χ4n) is 2.13. The Bertz CT molecular complexity index is 855. The molecule has 2 aromatic heterocycles. The van der Waals surface area contributed by atoms with Crippen molar-refractivity contribution in [1.82, 2.24) is 25.5 Å². The number of rotatable bonds is 6. The molecular formula is C15H14N6O3. The summed E-state index contributed by atoms with van der Waals surface area (Å²) in [5, 5.41) is 20.2. The van der Waals surface area contributed by atoms with E-state index in [0.29, 0.717) is 24.6 Å². The summed E-state index contributed by atoms with van der Waals surface area (Å²) in [7, 11) is 0. The van der Waals surface area contributed by atoms with Crippen molar-refractivity contribution in [2.75, 3.05) is 6.54 Å². The summed E-state index contributed by atoms with van der Waals surface area (Å²) in [6.45, 7) is 0.328. The maximum absolute atomic E-state index is 11.9. The van der Waals surface area contributed by atoms with Gasteiger partial charge >= 0.3 is 0 Å². The fraction of sp³-hybridized carbons (Fsp3) is 0.133. The molecule has 0 atom stereocenters. The number of benzene rings is 1. The van der Waals surface area contributed by atoms with Gasteiger partial charge in [0.1, 0.15) is 11.5 Å². The standard InChI is InChI=1S/C15H14N6O3/c22-15(12-8-11(9-17-12)21(23)24)16-7-6-13-18-14(20-19-13)10-4-2-1-3-5-10/h1-5,8-9,17H,6-7H2,(H,16,22)(H,18,19,20). The number of aromatic amines is 2. The zero-order valence-corrected chi connectivity index (χ0v) is 12.5. The van der Waals surface area contributed by atoms with Crippen LogP contribution in [-0.2, 0) is 6.42 Å². The largest absolute Gasteiger partial charge is 0.351 e. The number of nitro groups is 1. The van der Waals surface area contributed by atoms with E-state index in [0.717, 1.165) is 5.56 Å². The SMILES string of the molecule is O=C(NCCc1nc(-c2ccccc2)n[nH]1)c1cc([N+](=O)[O-])c[nH]1. The second-order valence-electron chi connectivity index (χ2n) is 5.01. The lowest BCUT2D eigenvalue weighted by atomic mass is 10.2. The number of carbonyl (C=O) groups is 1. The Kier molecular flexibility index (Phi) is 4.32. The molecule has 9 nitrogen and oxygen atoms in total. The molecule has 0 aliphatic heterocycles. The maximum Gasteiger partial charge on any atom is 0.287 e. The third kappa shape index (κ3) is 3.46. The molecule has 122 valence electrons.